The fourth-order valence-electron chi connectivity index (χ4n) is 2.32. The molecule has 0 saturated carbocycles. The van der Waals surface area contributed by atoms with Gasteiger partial charge in [0.1, 0.15) is 5.82 Å². The third-order valence-electron chi connectivity index (χ3n) is 3.48. The molecule has 0 fully saturated rings. The van der Waals surface area contributed by atoms with Gasteiger partial charge < -0.3 is 10.3 Å². The van der Waals surface area contributed by atoms with Gasteiger partial charge in [-0.05, 0) is 26.0 Å². The van der Waals surface area contributed by atoms with E-state index < -0.39 is 16.2 Å². The molecule has 2 heterocycles. The van der Waals surface area contributed by atoms with Gasteiger partial charge in [0.25, 0.3) is 5.69 Å². The average molecular weight is 326 g/mol. The highest BCUT2D eigenvalue weighted by molar-refractivity contribution is 5.90. The van der Waals surface area contributed by atoms with E-state index in [9.17, 15) is 14.9 Å². The SMILES string of the molecule is CC(C)(Nc1nc(=O)[nH]c2ccc([N+](=O)[O-])cc12)c1ncccn1. The molecule has 0 atom stereocenters. The van der Waals surface area contributed by atoms with Crippen molar-refractivity contribution in [2.45, 2.75) is 19.4 Å². The maximum absolute atomic E-state index is 11.8. The van der Waals surface area contributed by atoms with E-state index in [0.717, 1.165) is 0 Å². The van der Waals surface area contributed by atoms with Crippen LogP contribution in [0.1, 0.15) is 19.7 Å². The molecule has 122 valence electrons. The van der Waals surface area contributed by atoms with Crippen molar-refractivity contribution in [1.82, 2.24) is 19.9 Å². The molecule has 0 aliphatic rings. The van der Waals surface area contributed by atoms with Crippen LogP contribution in [0.25, 0.3) is 10.9 Å². The number of nitro groups is 1. The third-order valence-corrected chi connectivity index (χ3v) is 3.48. The summed E-state index contributed by atoms with van der Waals surface area (Å²) in [7, 11) is 0. The molecule has 0 aliphatic heterocycles. The lowest BCUT2D eigenvalue weighted by Crippen LogP contribution is -2.32. The van der Waals surface area contributed by atoms with E-state index in [4.69, 9.17) is 0 Å². The molecule has 2 N–H and O–H groups in total. The maximum atomic E-state index is 11.8. The largest absolute Gasteiger partial charge is 0.357 e. The number of non-ortho nitro benzene ring substituents is 1. The molecular formula is C15H14N6O3. The number of nitrogens with one attached hydrogen (secondary N) is 2. The number of rotatable bonds is 4. The van der Waals surface area contributed by atoms with Gasteiger partial charge in [0.2, 0.25) is 0 Å². The number of aromatic amines is 1. The van der Waals surface area contributed by atoms with Gasteiger partial charge in [-0.15, -0.1) is 0 Å². The zero-order valence-electron chi connectivity index (χ0n) is 13.0. The Balaban J connectivity index is 2.13. The van der Waals surface area contributed by atoms with E-state index in [1.807, 2.05) is 13.8 Å². The van der Waals surface area contributed by atoms with Gasteiger partial charge in [0, 0.05) is 29.9 Å². The third kappa shape index (κ3) is 2.91. The Labute approximate surface area is 136 Å². The summed E-state index contributed by atoms with van der Waals surface area (Å²) >= 11 is 0. The Morgan fingerprint density at radius 3 is 2.62 bits per heavy atom. The van der Waals surface area contributed by atoms with Gasteiger partial charge in [-0.1, -0.05) is 0 Å². The van der Waals surface area contributed by atoms with E-state index in [1.54, 1.807) is 18.5 Å². The fraction of sp³-hybridized carbons (Fsp3) is 0.200. The molecule has 24 heavy (non-hydrogen) atoms. The van der Waals surface area contributed by atoms with E-state index in [0.29, 0.717) is 16.7 Å². The summed E-state index contributed by atoms with van der Waals surface area (Å²) < 4.78 is 0. The summed E-state index contributed by atoms with van der Waals surface area (Å²) in [6.45, 7) is 3.66. The minimum absolute atomic E-state index is 0.0897. The van der Waals surface area contributed by atoms with Crippen molar-refractivity contribution < 1.29 is 4.92 Å². The van der Waals surface area contributed by atoms with Crippen molar-refractivity contribution in [3.05, 3.63) is 63.1 Å². The fourth-order valence-corrected chi connectivity index (χ4v) is 2.32. The second-order valence-corrected chi connectivity index (χ2v) is 5.70. The molecule has 1 aromatic carbocycles. The standard InChI is InChI=1S/C15H14N6O3/c1-15(2,13-16-6-3-7-17-13)20-12-10-8-9(21(23)24)4-5-11(10)18-14(22)19-12/h3-8H,1-2H3,(H2,18,19,20,22). The lowest BCUT2D eigenvalue weighted by atomic mass is 10.0. The molecule has 3 rings (SSSR count). The lowest BCUT2D eigenvalue weighted by Gasteiger charge is -2.25. The van der Waals surface area contributed by atoms with Crippen LogP contribution in [0, 0.1) is 10.1 Å². The van der Waals surface area contributed by atoms with Crippen LogP contribution in [-0.2, 0) is 5.54 Å². The average Bonchev–Trinajstić information content (AvgIpc) is 2.54. The predicted molar refractivity (Wildman–Crippen MR) is 87.7 cm³/mol. The van der Waals surface area contributed by atoms with E-state index in [1.165, 1.54) is 18.2 Å². The first kappa shape index (κ1) is 15.5. The Morgan fingerprint density at radius 1 is 1.25 bits per heavy atom. The molecule has 0 unspecified atom stereocenters. The highest BCUT2D eigenvalue weighted by Gasteiger charge is 2.25. The topological polar surface area (TPSA) is 127 Å². The number of H-pyrrole nitrogens is 1. The monoisotopic (exact) mass is 326 g/mol. The first-order valence-electron chi connectivity index (χ1n) is 7.11. The summed E-state index contributed by atoms with van der Waals surface area (Å²) in [6, 6.07) is 5.87. The van der Waals surface area contributed by atoms with E-state index >= 15 is 0 Å². The molecule has 2 aromatic heterocycles. The Hall–Kier alpha value is -3.36. The van der Waals surface area contributed by atoms with Gasteiger partial charge in [-0.3, -0.25) is 10.1 Å². The number of aromatic nitrogens is 4. The van der Waals surface area contributed by atoms with E-state index in [2.05, 4.69) is 25.3 Å². The zero-order chi connectivity index (χ0) is 17.3. The molecule has 0 saturated heterocycles. The molecule has 0 aliphatic carbocycles. The summed E-state index contributed by atoms with van der Waals surface area (Å²) in [5, 5.41) is 14.5. The summed E-state index contributed by atoms with van der Waals surface area (Å²) in [5.74, 6) is 0.737. The Kier molecular flexibility index (Phi) is 3.68. The van der Waals surface area contributed by atoms with Gasteiger partial charge in [-0.2, -0.15) is 4.98 Å². The number of benzene rings is 1. The number of nitrogens with zero attached hydrogens (tertiary/aromatic N) is 4. The molecule has 0 bridgehead atoms. The van der Waals surface area contributed by atoms with Crippen molar-refractivity contribution >= 4 is 22.4 Å². The molecule has 0 spiro atoms. The van der Waals surface area contributed by atoms with Gasteiger partial charge in [0.15, 0.2) is 5.82 Å². The quantitative estimate of drug-likeness (QED) is 0.554. The smallest absolute Gasteiger partial charge is 0.347 e. The second kappa shape index (κ2) is 5.69. The Bertz CT molecular complexity index is 968. The molecule has 0 radical (unpaired) electrons. The number of anilines is 1. The number of hydrogen-bond acceptors (Lipinski definition) is 7. The minimum atomic E-state index is -0.737. The first-order chi connectivity index (χ1) is 11.4. The van der Waals surface area contributed by atoms with Crippen molar-refractivity contribution in [3.63, 3.8) is 0 Å². The van der Waals surface area contributed by atoms with Crippen LogP contribution in [0.3, 0.4) is 0 Å². The highest BCUT2D eigenvalue weighted by atomic mass is 16.6. The second-order valence-electron chi connectivity index (χ2n) is 5.70. The molecule has 9 heteroatoms. The van der Waals surface area contributed by atoms with Crippen LogP contribution in [0.2, 0.25) is 0 Å². The van der Waals surface area contributed by atoms with Gasteiger partial charge >= 0.3 is 5.69 Å². The minimum Gasteiger partial charge on any atom is -0.357 e. The van der Waals surface area contributed by atoms with Crippen LogP contribution < -0.4 is 11.0 Å². The molecular weight excluding hydrogens is 312 g/mol. The normalized spacial score (nSPS) is 11.4. The molecule has 9 nitrogen and oxygen atoms in total. The van der Waals surface area contributed by atoms with Crippen molar-refractivity contribution in [1.29, 1.82) is 0 Å². The number of nitro benzene ring substituents is 1. The van der Waals surface area contributed by atoms with Crippen LogP contribution in [0.15, 0.2) is 41.5 Å². The lowest BCUT2D eigenvalue weighted by molar-refractivity contribution is -0.384. The van der Waals surface area contributed by atoms with Crippen LogP contribution in [0.5, 0.6) is 0 Å². The van der Waals surface area contributed by atoms with Crippen molar-refractivity contribution in [2.75, 3.05) is 5.32 Å². The zero-order valence-corrected chi connectivity index (χ0v) is 13.0. The van der Waals surface area contributed by atoms with Crippen LogP contribution in [0.4, 0.5) is 11.5 Å². The van der Waals surface area contributed by atoms with Crippen molar-refractivity contribution in [3.8, 4) is 0 Å². The predicted octanol–water partition coefficient (Wildman–Crippen LogP) is 1.97. The van der Waals surface area contributed by atoms with Gasteiger partial charge in [0.05, 0.1) is 16.0 Å². The van der Waals surface area contributed by atoms with Gasteiger partial charge in [-0.25, -0.2) is 14.8 Å². The summed E-state index contributed by atoms with van der Waals surface area (Å²) in [5.41, 5.74) is -0.927. The van der Waals surface area contributed by atoms with Crippen molar-refractivity contribution in [2.24, 2.45) is 0 Å². The Morgan fingerprint density at radius 2 is 1.96 bits per heavy atom. The van der Waals surface area contributed by atoms with Crippen LogP contribution in [-0.4, -0.2) is 24.9 Å². The summed E-state index contributed by atoms with van der Waals surface area (Å²) in [6.07, 6.45) is 3.22. The first-order valence-corrected chi connectivity index (χ1v) is 7.11. The maximum Gasteiger partial charge on any atom is 0.347 e. The highest BCUT2D eigenvalue weighted by Crippen LogP contribution is 2.28. The van der Waals surface area contributed by atoms with E-state index in [-0.39, 0.29) is 11.5 Å². The molecule has 3 aromatic rings. The molecule has 0 amide bonds. The number of hydrogen-bond donors (Lipinski definition) is 2. The van der Waals surface area contributed by atoms with Crippen LogP contribution >= 0.6 is 0 Å². The summed E-state index contributed by atoms with van der Waals surface area (Å²) in [4.78, 5) is 37.1. The number of fused-ring (bicyclic) bond motifs is 1.